The van der Waals surface area contributed by atoms with Crippen LogP contribution in [-0.4, -0.2) is 24.7 Å². The molecule has 0 saturated carbocycles. The molecule has 1 amide bonds. The van der Waals surface area contributed by atoms with E-state index >= 15 is 0 Å². The van der Waals surface area contributed by atoms with Crippen molar-refractivity contribution in [3.8, 4) is 23.3 Å². The van der Waals surface area contributed by atoms with Gasteiger partial charge in [-0.2, -0.15) is 5.26 Å². The number of nitriles is 1. The molecule has 2 aromatic carbocycles. The van der Waals surface area contributed by atoms with Gasteiger partial charge in [0.2, 0.25) is 0 Å². The van der Waals surface area contributed by atoms with E-state index in [0.29, 0.717) is 32.9 Å². The Morgan fingerprint density at radius 2 is 2.07 bits per heavy atom. The van der Waals surface area contributed by atoms with Crippen molar-refractivity contribution >= 4 is 40.3 Å². The van der Waals surface area contributed by atoms with Gasteiger partial charge in [0, 0.05) is 0 Å². The number of ether oxygens (including phenoxy) is 2. The number of aryl methyl sites for hydroxylation is 1. The Hall–Kier alpha value is -2.73. The number of nitrogens with one attached hydrogen (secondary N) is 1. The van der Waals surface area contributed by atoms with Crippen molar-refractivity contribution in [2.24, 2.45) is 0 Å². The summed E-state index contributed by atoms with van der Waals surface area (Å²) in [6.45, 7) is 4.08. The standard InChI is InChI=1S/C20H19IN2O4/c1-4-27-18-10-13(9-15(21)19(18)24)8-14(11-22)20(25)23-16-7-12(2)5-6-17(16)26-3/h5-10,24H,4H2,1-3H3,(H,23,25)/b14-8+. The van der Waals surface area contributed by atoms with Crippen LogP contribution in [0.4, 0.5) is 5.69 Å². The summed E-state index contributed by atoms with van der Waals surface area (Å²) in [4.78, 5) is 12.6. The monoisotopic (exact) mass is 478 g/mol. The third-order valence-corrected chi connectivity index (χ3v) is 4.45. The average molecular weight is 478 g/mol. The molecule has 7 heteroatoms. The largest absolute Gasteiger partial charge is 0.504 e. The lowest BCUT2D eigenvalue weighted by Gasteiger charge is -2.11. The van der Waals surface area contributed by atoms with Crippen molar-refractivity contribution in [2.75, 3.05) is 19.0 Å². The van der Waals surface area contributed by atoms with E-state index in [9.17, 15) is 15.2 Å². The lowest BCUT2D eigenvalue weighted by molar-refractivity contribution is -0.112. The van der Waals surface area contributed by atoms with Gasteiger partial charge < -0.3 is 19.9 Å². The van der Waals surface area contributed by atoms with E-state index in [4.69, 9.17) is 9.47 Å². The van der Waals surface area contributed by atoms with Crippen LogP contribution in [0.2, 0.25) is 0 Å². The Balaban J connectivity index is 2.35. The minimum Gasteiger partial charge on any atom is -0.504 e. The first kappa shape index (κ1) is 20.6. The maximum Gasteiger partial charge on any atom is 0.266 e. The van der Waals surface area contributed by atoms with Gasteiger partial charge in [0.05, 0.1) is 23.0 Å². The van der Waals surface area contributed by atoms with Crippen molar-refractivity contribution in [2.45, 2.75) is 13.8 Å². The number of halogens is 1. The minimum absolute atomic E-state index is 0.0297. The highest BCUT2D eigenvalue weighted by Gasteiger charge is 2.14. The highest BCUT2D eigenvalue weighted by atomic mass is 127. The van der Waals surface area contributed by atoms with Crippen LogP contribution in [0.25, 0.3) is 6.08 Å². The van der Waals surface area contributed by atoms with Gasteiger partial charge in [-0.05, 0) is 77.9 Å². The van der Waals surface area contributed by atoms with E-state index in [1.165, 1.54) is 13.2 Å². The SMILES string of the molecule is CCOc1cc(/C=C(\C#N)C(=O)Nc2cc(C)ccc2OC)cc(I)c1O. The van der Waals surface area contributed by atoms with Crippen LogP contribution < -0.4 is 14.8 Å². The molecule has 0 fully saturated rings. The van der Waals surface area contributed by atoms with E-state index in [1.54, 1.807) is 31.2 Å². The quantitative estimate of drug-likeness (QED) is 0.368. The van der Waals surface area contributed by atoms with Crippen molar-refractivity contribution < 1.29 is 19.4 Å². The predicted molar refractivity (Wildman–Crippen MR) is 112 cm³/mol. The van der Waals surface area contributed by atoms with Crippen LogP contribution in [0, 0.1) is 21.8 Å². The van der Waals surface area contributed by atoms with Gasteiger partial charge in [-0.25, -0.2) is 0 Å². The molecular weight excluding hydrogens is 459 g/mol. The number of methoxy groups -OCH3 is 1. The molecule has 0 bridgehead atoms. The van der Waals surface area contributed by atoms with Gasteiger partial charge in [-0.1, -0.05) is 6.07 Å². The number of carbonyl (C=O) groups is 1. The number of phenolic OH excluding ortho intramolecular Hbond substituents is 1. The number of hydrogen-bond donors (Lipinski definition) is 2. The summed E-state index contributed by atoms with van der Waals surface area (Å²) >= 11 is 1.96. The Bertz CT molecular complexity index is 932. The molecule has 0 unspecified atom stereocenters. The number of amides is 1. The van der Waals surface area contributed by atoms with Crippen LogP contribution >= 0.6 is 22.6 Å². The molecule has 0 aliphatic heterocycles. The summed E-state index contributed by atoms with van der Waals surface area (Å²) < 4.78 is 11.2. The Labute approximate surface area is 171 Å². The third-order valence-electron chi connectivity index (χ3n) is 3.63. The van der Waals surface area contributed by atoms with E-state index in [2.05, 4.69) is 5.32 Å². The average Bonchev–Trinajstić information content (AvgIpc) is 2.64. The van der Waals surface area contributed by atoms with Gasteiger partial charge in [-0.15, -0.1) is 0 Å². The highest BCUT2D eigenvalue weighted by molar-refractivity contribution is 14.1. The van der Waals surface area contributed by atoms with E-state index in [0.717, 1.165) is 5.56 Å². The predicted octanol–water partition coefficient (Wildman–Crippen LogP) is 4.26. The Morgan fingerprint density at radius 1 is 1.33 bits per heavy atom. The number of anilines is 1. The number of benzene rings is 2. The van der Waals surface area contributed by atoms with E-state index in [1.807, 2.05) is 41.7 Å². The van der Waals surface area contributed by atoms with Crippen molar-refractivity contribution in [1.29, 1.82) is 5.26 Å². The summed E-state index contributed by atoms with van der Waals surface area (Å²) in [5, 5.41) is 22.1. The summed E-state index contributed by atoms with van der Waals surface area (Å²) in [6.07, 6.45) is 1.45. The van der Waals surface area contributed by atoms with Gasteiger partial charge in [-0.3, -0.25) is 4.79 Å². The molecule has 0 spiro atoms. The molecule has 0 heterocycles. The van der Waals surface area contributed by atoms with E-state index < -0.39 is 5.91 Å². The molecule has 0 saturated heterocycles. The molecule has 0 aliphatic carbocycles. The number of carbonyl (C=O) groups excluding carboxylic acids is 1. The second-order valence-corrected chi connectivity index (χ2v) is 6.77. The number of phenols is 1. The second-order valence-electron chi connectivity index (χ2n) is 5.61. The molecule has 0 aromatic heterocycles. The summed E-state index contributed by atoms with van der Waals surface area (Å²) in [5.41, 5.74) is 1.92. The van der Waals surface area contributed by atoms with Crippen molar-refractivity contribution in [3.63, 3.8) is 0 Å². The first-order chi connectivity index (χ1) is 12.9. The van der Waals surface area contributed by atoms with Gasteiger partial charge >= 0.3 is 0 Å². The van der Waals surface area contributed by atoms with Gasteiger partial charge in [0.15, 0.2) is 11.5 Å². The zero-order valence-corrected chi connectivity index (χ0v) is 17.3. The lowest BCUT2D eigenvalue weighted by Crippen LogP contribution is -2.14. The van der Waals surface area contributed by atoms with Crippen LogP contribution in [0.15, 0.2) is 35.9 Å². The lowest BCUT2D eigenvalue weighted by atomic mass is 10.1. The Morgan fingerprint density at radius 3 is 2.70 bits per heavy atom. The first-order valence-corrected chi connectivity index (χ1v) is 9.20. The molecule has 0 atom stereocenters. The van der Waals surface area contributed by atoms with Crippen LogP contribution in [0.1, 0.15) is 18.1 Å². The fourth-order valence-electron chi connectivity index (χ4n) is 2.37. The summed E-state index contributed by atoms with van der Waals surface area (Å²) in [5.74, 6) is 0.280. The fourth-order valence-corrected chi connectivity index (χ4v) is 2.99. The normalized spacial score (nSPS) is 10.9. The smallest absolute Gasteiger partial charge is 0.266 e. The van der Waals surface area contributed by atoms with E-state index in [-0.39, 0.29) is 11.3 Å². The number of nitrogens with zero attached hydrogens (tertiary/aromatic N) is 1. The molecular formula is C20H19IN2O4. The van der Waals surface area contributed by atoms with Crippen LogP contribution in [0.3, 0.4) is 0 Å². The number of hydrogen-bond acceptors (Lipinski definition) is 5. The first-order valence-electron chi connectivity index (χ1n) is 8.12. The molecule has 27 heavy (non-hydrogen) atoms. The zero-order valence-electron chi connectivity index (χ0n) is 15.2. The van der Waals surface area contributed by atoms with Crippen molar-refractivity contribution in [1.82, 2.24) is 0 Å². The summed E-state index contributed by atoms with van der Waals surface area (Å²) in [6, 6.07) is 10.5. The molecule has 6 nitrogen and oxygen atoms in total. The zero-order chi connectivity index (χ0) is 20.0. The van der Waals surface area contributed by atoms with Gasteiger partial charge in [0.1, 0.15) is 17.4 Å². The molecule has 0 aliphatic rings. The second kappa shape index (κ2) is 9.28. The maximum atomic E-state index is 12.6. The molecule has 2 aromatic rings. The molecule has 140 valence electrons. The van der Waals surface area contributed by atoms with Crippen LogP contribution in [0.5, 0.6) is 17.2 Å². The molecule has 2 N–H and O–H groups in total. The van der Waals surface area contributed by atoms with Crippen molar-refractivity contribution in [3.05, 3.63) is 50.6 Å². The number of rotatable bonds is 6. The fraction of sp³-hybridized carbons (Fsp3) is 0.200. The highest BCUT2D eigenvalue weighted by Crippen LogP contribution is 2.33. The van der Waals surface area contributed by atoms with Gasteiger partial charge in [0.25, 0.3) is 5.91 Å². The Kier molecular flexibility index (Phi) is 7.07. The van der Waals surface area contributed by atoms with Crippen LogP contribution in [-0.2, 0) is 4.79 Å². The topological polar surface area (TPSA) is 91.6 Å². The maximum absolute atomic E-state index is 12.6. The minimum atomic E-state index is -0.553. The summed E-state index contributed by atoms with van der Waals surface area (Å²) in [7, 11) is 1.51. The molecule has 2 rings (SSSR count). The molecule has 0 radical (unpaired) electrons. The number of aromatic hydroxyl groups is 1. The third kappa shape index (κ3) is 5.14.